The van der Waals surface area contributed by atoms with Gasteiger partial charge in [0.15, 0.2) is 0 Å². The number of rotatable bonds is 3. The van der Waals surface area contributed by atoms with Gasteiger partial charge in [0.25, 0.3) is 0 Å². The number of nitrogens with one attached hydrogen (secondary N) is 1. The molecular formula is C20H30NP. The Morgan fingerprint density at radius 3 is 1.18 bits per heavy atom. The number of hydrogen-bond acceptors (Lipinski definition) is 1. The van der Waals surface area contributed by atoms with Crippen LogP contribution >= 0.6 is 7.92 Å². The molecule has 2 aromatic rings. The lowest BCUT2D eigenvalue weighted by Gasteiger charge is -2.19. The molecule has 1 nitrogen and oxygen atoms in total. The summed E-state index contributed by atoms with van der Waals surface area (Å²) in [5, 5.41) is 5.78. The summed E-state index contributed by atoms with van der Waals surface area (Å²) in [6.07, 6.45) is 1.21. The summed E-state index contributed by atoms with van der Waals surface area (Å²) in [5.74, 6) is 0. The minimum atomic E-state index is -0.213. The molecule has 2 rings (SSSR count). The summed E-state index contributed by atoms with van der Waals surface area (Å²) in [4.78, 5) is 0. The number of aryl methyl sites for hydroxylation is 4. The average molecular weight is 315 g/mol. The molecule has 0 aliphatic rings. The molecule has 2 heteroatoms. The van der Waals surface area contributed by atoms with Gasteiger partial charge in [-0.05, 0) is 66.5 Å². The first-order valence-electron chi connectivity index (χ1n) is 7.93. The van der Waals surface area contributed by atoms with E-state index in [1.165, 1.54) is 39.0 Å². The molecule has 0 aliphatic carbocycles. The van der Waals surface area contributed by atoms with Crippen molar-refractivity contribution in [2.45, 2.75) is 34.6 Å². The van der Waals surface area contributed by atoms with Gasteiger partial charge < -0.3 is 5.32 Å². The van der Waals surface area contributed by atoms with Crippen molar-refractivity contribution >= 4 is 18.5 Å². The molecule has 0 aliphatic heterocycles. The molecule has 0 unspecified atom stereocenters. The van der Waals surface area contributed by atoms with Crippen LogP contribution in [0.3, 0.4) is 0 Å². The van der Waals surface area contributed by atoms with Crippen LogP contribution in [-0.4, -0.2) is 20.3 Å². The zero-order chi connectivity index (χ0) is 16.7. The van der Waals surface area contributed by atoms with E-state index in [9.17, 15) is 0 Å². The first-order valence-corrected chi connectivity index (χ1v) is 9.46. The minimum Gasteiger partial charge on any atom is -0.323 e. The van der Waals surface area contributed by atoms with Gasteiger partial charge in [-0.1, -0.05) is 65.6 Å². The predicted octanol–water partition coefficient (Wildman–Crippen LogP) is 4.21. The quantitative estimate of drug-likeness (QED) is 0.837. The van der Waals surface area contributed by atoms with Crippen LogP contribution in [0.4, 0.5) is 0 Å². The Balaban J connectivity index is 0.000000745. The van der Waals surface area contributed by atoms with Crippen molar-refractivity contribution in [3.63, 3.8) is 0 Å². The Morgan fingerprint density at radius 2 is 0.955 bits per heavy atom. The second-order valence-electron chi connectivity index (χ2n) is 5.94. The third kappa shape index (κ3) is 5.55. The Labute approximate surface area is 137 Å². The van der Waals surface area contributed by atoms with Gasteiger partial charge in [0.1, 0.15) is 0 Å². The van der Waals surface area contributed by atoms with E-state index in [2.05, 4.69) is 76.3 Å². The third-order valence-corrected chi connectivity index (χ3v) is 5.75. The topological polar surface area (TPSA) is 12.0 Å². The Bertz CT molecular complexity index is 513. The second-order valence-corrected chi connectivity index (χ2v) is 8.46. The Morgan fingerprint density at radius 1 is 0.682 bits per heavy atom. The number of benzene rings is 2. The first-order chi connectivity index (χ1) is 10.4. The molecule has 0 atom stereocenters. The maximum atomic E-state index is 2.75. The molecule has 0 bridgehead atoms. The first kappa shape index (κ1) is 18.9. The molecule has 0 spiro atoms. The predicted molar refractivity (Wildman–Crippen MR) is 104 cm³/mol. The van der Waals surface area contributed by atoms with Crippen molar-refractivity contribution in [3.8, 4) is 0 Å². The fourth-order valence-electron chi connectivity index (χ4n) is 2.73. The zero-order valence-corrected chi connectivity index (χ0v) is 16.0. The fourth-order valence-corrected chi connectivity index (χ4v) is 5.19. The molecule has 0 saturated heterocycles. The van der Waals surface area contributed by atoms with Crippen molar-refractivity contribution < 1.29 is 0 Å². The van der Waals surface area contributed by atoms with Gasteiger partial charge in [-0.2, -0.15) is 0 Å². The molecule has 0 fully saturated rings. The molecule has 1 N–H and O–H groups in total. The van der Waals surface area contributed by atoms with Crippen molar-refractivity contribution in [2.24, 2.45) is 0 Å². The van der Waals surface area contributed by atoms with E-state index in [0.29, 0.717) is 0 Å². The van der Waals surface area contributed by atoms with Crippen molar-refractivity contribution in [1.82, 2.24) is 5.32 Å². The lowest BCUT2D eigenvalue weighted by Crippen LogP contribution is -2.15. The summed E-state index contributed by atoms with van der Waals surface area (Å²) in [7, 11) is 3.54. The fraction of sp³-hybridized carbons (Fsp3) is 0.400. The van der Waals surface area contributed by atoms with Crippen LogP contribution < -0.4 is 15.9 Å². The third-order valence-electron chi connectivity index (χ3n) is 3.35. The van der Waals surface area contributed by atoms with E-state index in [0.717, 1.165) is 0 Å². The zero-order valence-electron chi connectivity index (χ0n) is 15.1. The van der Waals surface area contributed by atoms with Crippen molar-refractivity contribution in [2.75, 3.05) is 20.3 Å². The maximum Gasteiger partial charge on any atom is -0.0167 e. The maximum absolute atomic E-state index is 2.75. The normalized spacial score (nSPS) is 10.4. The molecule has 0 saturated carbocycles. The van der Waals surface area contributed by atoms with Crippen molar-refractivity contribution in [1.29, 1.82) is 0 Å². The SMILES string of the molecule is CCP(c1cc(C)cc(C)c1)c1cc(C)cc(C)c1.CNC. The monoisotopic (exact) mass is 315 g/mol. The van der Waals surface area contributed by atoms with Gasteiger partial charge in [-0.25, -0.2) is 0 Å². The molecule has 2 aromatic carbocycles. The van der Waals surface area contributed by atoms with Gasteiger partial charge in [0.2, 0.25) is 0 Å². The summed E-state index contributed by atoms with van der Waals surface area (Å²) in [5.41, 5.74) is 5.50. The van der Waals surface area contributed by atoms with Crippen molar-refractivity contribution in [3.05, 3.63) is 58.7 Å². The molecule has 0 heterocycles. The summed E-state index contributed by atoms with van der Waals surface area (Å²) in [6.45, 7) is 11.1. The highest BCUT2D eigenvalue weighted by Gasteiger charge is 2.13. The van der Waals surface area contributed by atoms with Gasteiger partial charge in [0.05, 0.1) is 0 Å². The molecule has 0 radical (unpaired) electrons. The molecule has 0 amide bonds. The van der Waals surface area contributed by atoms with Gasteiger partial charge in [0, 0.05) is 0 Å². The molecular weight excluding hydrogens is 285 g/mol. The second kappa shape index (κ2) is 9.08. The Hall–Kier alpha value is -1.17. The summed E-state index contributed by atoms with van der Waals surface area (Å²) < 4.78 is 0. The summed E-state index contributed by atoms with van der Waals surface area (Å²) >= 11 is 0. The largest absolute Gasteiger partial charge is 0.323 e. The molecule has 120 valence electrons. The van der Waals surface area contributed by atoms with E-state index < -0.39 is 0 Å². The van der Waals surface area contributed by atoms with Crippen LogP contribution in [0.15, 0.2) is 36.4 Å². The standard InChI is InChI=1S/C18H23P.C2H7N/c1-6-19(17-9-13(2)7-14(3)10-17)18-11-15(4)8-16(5)12-18;1-3-2/h7-12H,6H2,1-5H3;3H,1-2H3. The van der Waals surface area contributed by atoms with Crippen LogP contribution in [0.5, 0.6) is 0 Å². The highest BCUT2D eigenvalue weighted by molar-refractivity contribution is 7.72. The molecule has 0 aromatic heterocycles. The van der Waals surface area contributed by atoms with Crippen LogP contribution in [0, 0.1) is 27.7 Å². The smallest absolute Gasteiger partial charge is 0.0167 e. The van der Waals surface area contributed by atoms with E-state index in [1.54, 1.807) is 0 Å². The van der Waals surface area contributed by atoms with E-state index in [-0.39, 0.29) is 7.92 Å². The van der Waals surface area contributed by atoms with Crippen LogP contribution in [0.1, 0.15) is 29.2 Å². The van der Waals surface area contributed by atoms with Crippen LogP contribution in [-0.2, 0) is 0 Å². The van der Waals surface area contributed by atoms with Crippen LogP contribution in [0.25, 0.3) is 0 Å². The van der Waals surface area contributed by atoms with Gasteiger partial charge in [-0.3, -0.25) is 0 Å². The molecule has 22 heavy (non-hydrogen) atoms. The summed E-state index contributed by atoms with van der Waals surface area (Å²) in [6, 6.07) is 14.0. The van der Waals surface area contributed by atoms with Crippen LogP contribution in [0.2, 0.25) is 0 Å². The lowest BCUT2D eigenvalue weighted by molar-refractivity contribution is 1.02. The number of hydrogen-bond donors (Lipinski definition) is 1. The lowest BCUT2D eigenvalue weighted by atomic mass is 10.2. The Kier molecular flexibility index (Phi) is 7.79. The average Bonchev–Trinajstić information content (AvgIpc) is 2.38. The van der Waals surface area contributed by atoms with E-state index in [1.807, 2.05) is 14.1 Å². The highest BCUT2D eigenvalue weighted by Crippen LogP contribution is 2.34. The van der Waals surface area contributed by atoms with E-state index in [4.69, 9.17) is 0 Å². The van der Waals surface area contributed by atoms with E-state index >= 15 is 0 Å². The van der Waals surface area contributed by atoms with Gasteiger partial charge >= 0.3 is 0 Å². The van der Waals surface area contributed by atoms with Gasteiger partial charge in [-0.15, -0.1) is 0 Å². The highest BCUT2D eigenvalue weighted by atomic mass is 31.1. The minimum absolute atomic E-state index is 0.213.